The van der Waals surface area contributed by atoms with Crippen molar-refractivity contribution in [2.75, 3.05) is 14.2 Å². The lowest BCUT2D eigenvalue weighted by Gasteiger charge is -2.21. The van der Waals surface area contributed by atoms with Crippen molar-refractivity contribution in [3.63, 3.8) is 0 Å². The number of methoxy groups -OCH3 is 2. The number of nitrogens with one attached hydrogen (secondary N) is 1. The number of rotatable bonds is 6. The summed E-state index contributed by atoms with van der Waals surface area (Å²) >= 11 is 0. The molecule has 120 valence electrons. The lowest BCUT2D eigenvalue weighted by atomic mass is 9.98. The highest BCUT2D eigenvalue weighted by Crippen LogP contribution is 2.12. The van der Waals surface area contributed by atoms with E-state index in [4.69, 9.17) is 4.74 Å². The molecule has 22 heavy (non-hydrogen) atoms. The molecule has 0 spiro atoms. The third-order valence-corrected chi connectivity index (χ3v) is 3.50. The van der Waals surface area contributed by atoms with Crippen LogP contribution in [0.5, 0.6) is 0 Å². The van der Waals surface area contributed by atoms with E-state index >= 15 is 0 Å². The number of ether oxygens (including phenoxy) is 2. The van der Waals surface area contributed by atoms with Gasteiger partial charge in [-0.25, -0.2) is 9.59 Å². The number of hydrogen-bond donors (Lipinski definition) is 1. The second kappa shape index (κ2) is 8.17. The van der Waals surface area contributed by atoms with Crippen molar-refractivity contribution in [3.8, 4) is 0 Å². The van der Waals surface area contributed by atoms with Gasteiger partial charge in [-0.3, -0.25) is 4.79 Å². The van der Waals surface area contributed by atoms with Crippen molar-refractivity contribution in [2.45, 2.75) is 26.3 Å². The molecule has 6 nitrogen and oxygen atoms in total. The maximum absolute atomic E-state index is 12.3. The van der Waals surface area contributed by atoms with Gasteiger partial charge >= 0.3 is 11.9 Å². The van der Waals surface area contributed by atoms with Gasteiger partial charge in [0.15, 0.2) is 0 Å². The summed E-state index contributed by atoms with van der Waals surface area (Å²) in [4.78, 5) is 35.6. The third-order valence-electron chi connectivity index (χ3n) is 3.50. The Kier molecular flexibility index (Phi) is 6.56. The molecule has 1 N–H and O–H groups in total. The smallest absolute Gasteiger partial charge is 0.337 e. The summed E-state index contributed by atoms with van der Waals surface area (Å²) in [5.74, 6) is -1.53. The summed E-state index contributed by atoms with van der Waals surface area (Å²) in [6.45, 7) is 3.78. The van der Waals surface area contributed by atoms with Crippen molar-refractivity contribution in [1.29, 1.82) is 0 Å². The van der Waals surface area contributed by atoms with Crippen LogP contribution in [0, 0.1) is 5.92 Å². The molecule has 0 bridgehead atoms. The van der Waals surface area contributed by atoms with E-state index in [-0.39, 0.29) is 17.0 Å². The fourth-order valence-corrected chi connectivity index (χ4v) is 1.93. The van der Waals surface area contributed by atoms with Gasteiger partial charge in [-0.2, -0.15) is 0 Å². The third kappa shape index (κ3) is 4.31. The Morgan fingerprint density at radius 2 is 1.77 bits per heavy atom. The Balaban J connectivity index is 2.95. The predicted octanol–water partition coefficient (Wildman–Crippen LogP) is 1.79. The lowest BCUT2D eigenvalue weighted by Crippen LogP contribution is -2.45. The van der Waals surface area contributed by atoms with Crippen molar-refractivity contribution in [3.05, 3.63) is 35.4 Å². The first-order valence-electron chi connectivity index (χ1n) is 7.01. The topological polar surface area (TPSA) is 81.7 Å². The number of esters is 2. The Labute approximate surface area is 129 Å². The molecule has 0 aliphatic carbocycles. The van der Waals surface area contributed by atoms with Crippen LogP contribution in [0.3, 0.4) is 0 Å². The van der Waals surface area contributed by atoms with Gasteiger partial charge in [0.05, 0.1) is 19.8 Å². The summed E-state index contributed by atoms with van der Waals surface area (Å²) < 4.78 is 9.34. The zero-order valence-electron chi connectivity index (χ0n) is 13.2. The molecule has 1 amide bonds. The van der Waals surface area contributed by atoms with Gasteiger partial charge in [0.1, 0.15) is 6.04 Å². The van der Waals surface area contributed by atoms with Crippen molar-refractivity contribution >= 4 is 17.8 Å². The van der Waals surface area contributed by atoms with Gasteiger partial charge in [-0.15, -0.1) is 0 Å². The van der Waals surface area contributed by atoms with Gasteiger partial charge in [-0.1, -0.05) is 26.3 Å². The summed E-state index contributed by atoms with van der Waals surface area (Å²) in [5.41, 5.74) is 0.549. The van der Waals surface area contributed by atoms with Crippen LogP contribution in [0.2, 0.25) is 0 Å². The molecule has 0 saturated carbocycles. The van der Waals surface area contributed by atoms with E-state index < -0.39 is 23.9 Å². The number of carbonyl (C=O) groups excluding carboxylic acids is 3. The average molecular weight is 307 g/mol. The maximum Gasteiger partial charge on any atom is 0.337 e. The largest absolute Gasteiger partial charge is 0.467 e. The molecule has 1 aromatic rings. The molecule has 0 heterocycles. The fourth-order valence-electron chi connectivity index (χ4n) is 1.93. The second-order valence-corrected chi connectivity index (χ2v) is 4.93. The monoisotopic (exact) mass is 307 g/mol. The molecule has 0 unspecified atom stereocenters. The van der Waals surface area contributed by atoms with Crippen LogP contribution in [0.4, 0.5) is 0 Å². The van der Waals surface area contributed by atoms with Crippen LogP contribution in [0.15, 0.2) is 24.3 Å². The highest BCUT2D eigenvalue weighted by molar-refractivity contribution is 5.99. The van der Waals surface area contributed by atoms with Gasteiger partial charge in [0, 0.05) is 5.56 Å². The molecule has 0 saturated heterocycles. The minimum absolute atomic E-state index is 0.0693. The Morgan fingerprint density at radius 3 is 2.32 bits per heavy atom. The Hall–Kier alpha value is -2.37. The lowest BCUT2D eigenvalue weighted by molar-refractivity contribution is -0.144. The van der Waals surface area contributed by atoms with E-state index in [9.17, 15) is 14.4 Å². The molecule has 0 fully saturated rings. The molecule has 1 aromatic carbocycles. The molecule has 6 heteroatoms. The number of hydrogen-bond acceptors (Lipinski definition) is 5. The Morgan fingerprint density at radius 1 is 1.14 bits per heavy atom. The van der Waals surface area contributed by atoms with Crippen molar-refractivity contribution in [2.24, 2.45) is 5.92 Å². The normalized spacial score (nSPS) is 12.9. The van der Waals surface area contributed by atoms with Gasteiger partial charge in [0.2, 0.25) is 0 Å². The van der Waals surface area contributed by atoms with Gasteiger partial charge in [-0.05, 0) is 24.1 Å². The fraction of sp³-hybridized carbons (Fsp3) is 0.438. The summed E-state index contributed by atoms with van der Waals surface area (Å²) in [6, 6.07) is 5.38. The number of amides is 1. The van der Waals surface area contributed by atoms with Gasteiger partial charge < -0.3 is 14.8 Å². The van der Waals surface area contributed by atoms with Crippen LogP contribution in [-0.4, -0.2) is 38.1 Å². The van der Waals surface area contributed by atoms with Crippen LogP contribution < -0.4 is 5.32 Å². The standard InChI is InChI=1S/C16H21NO5/c1-5-10(2)13(16(20)22-4)17-14(18)11-7-6-8-12(9-11)15(19)21-3/h6-10,13H,5H2,1-4H3,(H,17,18)/t10-,13-/m0/s1. The molecule has 0 aromatic heterocycles. The molecular formula is C16H21NO5. The molecule has 0 aliphatic heterocycles. The minimum Gasteiger partial charge on any atom is -0.467 e. The van der Waals surface area contributed by atoms with E-state index in [0.29, 0.717) is 6.42 Å². The molecule has 0 radical (unpaired) electrons. The molecule has 0 aliphatic rings. The van der Waals surface area contributed by atoms with E-state index in [1.165, 1.54) is 20.3 Å². The van der Waals surface area contributed by atoms with Crippen LogP contribution in [0.1, 0.15) is 41.0 Å². The molecule has 2 atom stereocenters. The average Bonchev–Trinajstić information content (AvgIpc) is 2.57. The van der Waals surface area contributed by atoms with Crippen LogP contribution >= 0.6 is 0 Å². The first kappa shape index (κ1) is 17.7. The van der Waals surface area contributed by atoms with Crippen LogP contribution in [-0.2, 0) is 14.3 Å². The predicted molar refractivity (Wildman–Crippen MR) is 80.5 cm³/mol. The van der Waals surface area contributed by atoms with Crippen LogP contribution in [0.25, 0.3) is 0 Å². The summed E-state index contributed by atoms with van der Waals surface area (Å²) in [7, 11) is 2.55. The quantitative estimate of drug-likeness (QED) is 0.810. The van der Waals surface area contributed by atoms with Crippen molar-refractivity contribution in [1.82, 2.24) is 5.32 Å². The number of benzene rings is 1. The minimum atomic E-state index is -0.732. The zero-order chi connectivity index (χ0) is 16.7. The second-order valence-electron chi connectivity index (χ2n) is 4.93. The zero-order valence-corrected chi connectivity index (χ0v) is 13.2. The van der Waals surface area contributed by atoms with E-state index in [0.717, 1.165) is 0 Å². The molecular weight excluding hydrogens is 286 g/mol. The summed E-state index contributed by atoms with van der Waals surface area (Å²) in [6.07, 6.45) is 0.711. The highest BCUT2D eigenvalue weighted by atomic mass is 16.5. The summed E-state index contributed by atoms with van der Waals surface area (Å²) in [5, 5.41) is 2.65. The van der Waals surface area contributed by atoms with E-state index in [2.05, 4.69) is 10.1 Å². The van der Waals surface area contributed by atoms with Gasteiger partial charge in [0.25, 0.3) is 5.91 Å². The van der Waals surface area contributed by atoms with Crippen molar-refractivity contribution < 1.29 is 23.9 Å². The number of carbonyl (C=O) groups is 3. The van der Waals surface area contributed by atoms with E-state index in [1.54, 1.807) is 18.2 Å². The first-order valence-corrected chi connectivity index (χ1v) is 7.01. The SMILES string of the molecule is CC[C@H](C)[C@H](NC(=O)c1cccc(C(=O)OC)c1)C(=O)OC. The highest BCUT2D eigenvalue weighted by Gasteiger charge is 2.27. The molecule has 1 rings (SSSR count). The Bertz CT molecular complexity index is 555. The maximum atomic E-state index is 12.3. The van der Waals surface area contributed by atoms with E-state index in [1.807, 2.05) is 13.8 Å². The first-order chi connectivity index (χ1) is 10.4.